The van der Waals surface area contributed by atoms with Gasteiger partial charge in [0.15, 0.2) is 0 Å². The van der Waals surface area contributed by atoms with Gasteiger partial charge in [0, 0.05) is 5.69 Å². The van der Waals surface area contributed by atoms with Crippen LogP contribution in [-0.4, -0.2) is 22.1 Å². The van der Waals surface area contributed by atoms with Crippen molar-refractivity contribution in [3.05, 3.63) is 23.4 Å². The summed E-state index contributed by atoms with van der Waals surface area (Å²) in [4.78, 5) is 14.7. The van der Waals surface area contributed by atoms with Gasteiger partial charge in [-0.1, -0.05) is 0 Å². The summed E-state index contributed by atoms with van der Waals surface area (Å²) in [6.45, 7) is 3.26. The Morgan fingerprint density at radius 1 is 1.67 bits per heavy atom. The zero-order valence-electron chi connectivity index (χ0n) is 8.48. The van der Waals surface area contributed by atoms with Crippen LogP contribution in [-0.2, 0) is 4.79 Å². The second-order valence-electron chi connectivity index (χ2n) is 3.20. The highest BCUT2D eigenvalue weighted by Gasteiger charge is 2.11. The van der Waals surface area contributed by atoms with Crippen LogP contribution in [0.15, 0.2) is 12.1 Å². The summed E-state index contributed by atoms with van der Waals surface area (Å²) in [6.07, 6.45) is 0. The molecular formula is C10H11N3O2. The van der Waals surface area contributed by atoms with Crippen molar-refractivity contribution in [1.82, 2.24) is 4.98 Å². The molecule has 0 radical (unpaired) electrons. The standard InChI is InChI=1S/C10H11N3O2/c1-6-3-8(5-11)4-9(12-6)13-7(2)10(14)15/h3-4,7H,1-2H3,(H,12,13)(H,14,15)/t7-/m0/s1. The van der Waals surface area contributed by atoms with Gasteiger partial charge in [0.25, 0.3) is 0 Å². The molecule has 1 rings (SSSR count). The van der Waals surface area contributed by atoms with Gasteiger partial charge in [-0.05, 0) is 26.0 Å². The number of nitrogens with one attached hydrogen (secondary N) is 1. The summed E-state index contributed by atoms with van der Waals surface area (Å²) in [5.74, 6) is -0.557. The lowest BCUT2D eigenvalue weighted by atomic mass is 10.2. The minimum atomic E-state index is -0.961. The number of carbonyl (C=O) groups is 1. The molecule has 15 heavy (non-hydrogen) atoms. The van der Waals surface area contributed by atoms with Gasteiger partial charge in [-0.3, -0.25) is 4.79 Å². The first-order valence-electron chi connectivity index (χ1n) is 4.41. The number of carboxylic acids is 1. The number of hydrogen-bond acceptors (Lipinski definition) is 4. The van der Waals surface area contributed by atoms with Crippen LogP contribution in [0.4, 0.5) is 5.82 Å². The van der Waals surface area contributed by atoms with Crippen LogP contribution >= 0.6 is 0 Å². The van der Waals surface area contributed by atoms with E-state index in [4.69, 9.17) is 10.4 Å². The maximum atomic E-state index is 10.6. The van der Waals surface area contributed by atoms with Gasteiger partial charge < -0.3 is 10.4 Å². The summed E-state index contributed by atoms with van der Waals surface area (Å²) < 4.78 is 0. The van der Waals surface area contributed by atoms with E-state index in [1.165, 1.54) is 13.0 Å². The van der Waals surface area contributed by atoms with Crippen molar-refractivity contribution in [2.75, 3.05) is 5.32 Å². The number of aryl methyl sites for hydroxylation is 1. The molecule has 0 saturated heterocycles. The first-order valence-corrected chi connectivity index (χ1v) is 4.41. The van der Waals surface area contributed by atoms with E-state index >= 15 is 0 Å². The van der Waals surface area contributed by atoms with E-state index in [1.54, 1.807) is 13.0 Å². The third-order valence-corrected chi connectivity index (χ3v) is 1.82. The highest BCUT2D eigenvalue weighted by Crippen LogP contribution is 2.10. The van der Waals surface area contributed by atoms with Crippen LogP contribution in [0.5, 0.6) is 0 Å². The quantitative estimate of drug-likeness (QED) is 0.772. The van der Waals surface area contributed by atoms with Crippen molar-refractivity contribution >= 4 is 11.8 Å². The van der Waals surface area contributed by atoms with Crippen molar-refractivity contribution in [2.24, 2.45) is 0 Å². The van der Waals surface area contributed by atoms with Gasteiger partial charge in [-0.25, -0.2) is 4.98 Å². The smallest absolute Gasteiger partial charge is 0.325 e. The van der Waals surface area contributed by atoms with Crippen LogP contribution in [0, 0.1) is 18.3 Å². The second-order valence-corrected chi connectivity index (χ2v) is 3.20. The maximum Gasteiger partial charge on any atom is 0.325 e. The van der Waals surface area contributed by atoms with Gasteiger partial charge in [0.05, 0.1) is 11.6 Å². The lowest BCUT2D eigenvalue weighted by Crippen LogP contribution is -2.26. The van der Waals surface area contributed by atoms with Crippen LogP contribution in [0.2, 0.25) is 0 Å². The van der Waals surface area contributed by atoms with Crippen LogP contribution in [0.3, 0.4) is 0 Å². The Hall–Kier alpha value is -2.09. The summed E-state index contributed by atoms with van der Waals surface area (Å²) in [7, 11) is 0. The molecule has 1 aromatic heterocycles. The number of anilines is 1. The Bertz CT molecular complexity index is 423. The predicted octanol–water partition coefficient (Wildman–Crippen LogP) is 1.15. The summed E-state index contributed by atoms with van der Waals surface area (Å²) in [6, 6.07) is 4.41. The van der Waals surface area contributed by atoms with E-state index in [0.717, 1.165) is 0 Å². The van der Waals surface area contributed by atoms with E-state index in [9.17, 15) is 4.79 Å². The number of rotatable bonds is 3. The molecule has 0 spiro atoms. The number of pyridine rings is 1. The first kappa shape index (κ1) is 11.0. The predicted molar refractivity (Wildman–Crippen MR) is 54.4 cm³/mol. The maximum absolute atomic E-state index is 10.6. The third-order valence-electron chi connectivity index (χ3n) is 1.82. The molecule has 0 aliphatic heterocycles. The number of hydrogen-bond donors (Lipinski definition) is 2. The number of aromatic nitrogens is 1. The molecule has 1 atom stereocenters. The van der Waals surface area contributed by atoms with Crippen molar-refractivity contribution in [1.29, 1.82) is 5.26 Å². The Kier molecular flexibility index (Phi) is 3.24. The van der Waals surface area contributed by atoms with E-state index in [-0.39, 0.29) is 0 Å². The lowest BCUT2D eigenvalue weighted by molar-refractivity contribution is -0.137. The Labute approximate surface area is 87.4 Å². The normalized spacial score (nSPS) is 11.5. The molecule has 0 aliphatic carbocycles. The molecule has 0 bridgehead atoms. The molecule has 0 fully saturated rings. The summed E-state index contributed by atoms with van der Waals surface area (Å²) in [5.41, 5.74) is 1.14. The van der Waals surface area contributed by atoms with E-state index in [1.807, 2.05) is 6.07 Å². The van der Waals surface area contributed by atoms with E-state index in [2.05, 4.69) is 10.3 Å². The molecular weight excluding hydrogens is 194 g/mol. The molecule has 5 heteroatoms. The van der Waals surface area contributed by atoms with Crippen molar-refractivity contribution in [2.45, 2.75) is 19.9 Å². The Balaban J connectivity index is 2.91. The van der Waals surface area contributed by atoms with Gasteiger partial charge in [0.2, 0.25) is 0 Å². The average Bonchev–Trinajstić information content (AvgIpc) is 2.16. The van der Waals surface area contributed by atoms with Gasteiger partial charge in [0.1, 0.15) is 11.9 Å². The fourth-order valence-electron chi connectivity index (χ4n) is 1.09. The molecule has 1 aromatic rings. The molecule has 78 valence electrons. The topological polar surface area (TPSA) is 86.0 Å². The lowest BCUT2D eigenvalue weighted by Gasteiger charge is -2.10. The summed E-state index contributed by atoms with van der Waals surface area (Å²) >= 11 is 0. The fourth-order valence-corrected chi connectivity index (χ4v) is 1.09. The molecule has 0 amide bonds. The number of aliphatic carboxylic acids is 1. The zero-order valence-corrected chi connectivity index (χ0v) is 8.48. The van der Waals surface area contributed by atoms with Crippen LogP contribution < -0.4 is 5.32 Å². The Morgan fingerprint density at radius 2 is 2.33 bits per heavy atom. The molecule has 1 heterocycles. The number of nitrogens with zero attached hydrogens (tertiary/aromatic N) is 2. The monoisotopic (exact) mass is 205 g/mol. The van der Waals surface area contributed by atoms with Gasteiger partial charge >= 0.3 is 5.97 Å². The highest BCUT2D eigenvalue weighted by atomic mass is 16.4. The van der Waals surface area contributed by atoms with E-state index in [0.29, 0.717) is 17.1 Å². The molecule has 0 saturated carbocycles. The molecule has 0 aromatic carbocycles. The van der Waals surface area contributed by atoms with Gasteiger partial charge in [-0.2, -0.15) is 5.26 Å². The Morgan fingerprint density at radius 3 is 2.87 bits per heavy atom. The molecule has 2 N–H and O–H groups in total. The SMILES string of the molecule is Cc1cc(C#N)cc(N[C@@H](C)C(=O)O)n1. The van der Waals surface area contributed by atoms with Crippen LogP contribution in [0.25, 0.3) is 0 Å². The van der Waals surface area contributed by atoms with Gasteiger partial charge in [-0.15, -0.1) is 0 Å². The first-order chi connectivity index (χ1) is 7.02. The van der Waals surface area contributed by atoms with Crippen molar-refractivity contribution in [3.63, 3.8) is 0 Å². The molecule has 0 aliphatic rings. The number of nitriles is 1. The summed E-state index contributed by atoms with van der Waals surface area (Å²) in [5, 5.41) is 20.1. The average molecular weight is 205 g/mol. The molecule has 5 nitrogen and oxygen atoms in total. The van der Waals surface area contributed by atoms with Crippen molar-refractivity contribution in [3.8, 4) is 6.07 Å². The fraction of sp³-hybridized carbons (Fsp3) is 0.300. The zero-order chi connectivity index (χ0) is 11.4. The minimum absolute atomic E-state index is 0.404. The number of carboxylic acid groups (broad SMARTS) is 1. The highest BCUT2D eigenvalue weighted by molar-refractivity contribution is 5.76. The van der Waals surface area contributed by atoms with E-state index < -0.39 is 12.0 Å². The largest absolute Gasteiger partial charge is 0.480 e. The second kappa shape index (κ2) is 4.42. The van der Waals surface area contributed by atoms with Crippen molar-refractivity contribution < 1.29 is 9.90 Å². The third kappa shape index (κ3) is 2.95. The molecule has 0 unspecified atom stereocenters. The minimum Gasteiger partial charge on any atom is -0.480 e. The van der Waals surface area contributed by atoms with Crippen LogP contribution in [0.1, 0.15) is 18.2 Å².